The Bertz CT molecular complexity index is 748. The lowest BCUT2D eigenvalue weighted by molar-refractivity contribution is 0.0930. The quantitative estimate of drug-likeness (QED) is 0.322. The van der Waals surface area contributed by atoms with Crippen LogP contribution >= 0.6 is 11.3 Å². The van der Waals surface area contributed by atoms with Crippen molar-refractivity contribution in [3.63, 3.8) is 0 Å². The summed E-state index contributed by atoms with van der Waals surface area (Å²) in [5.41, 5.74) is 3.62. The van der Waals surface area contributed by atoms with Crippen molar-refractivity contribution in [1.29, 1.82) is 0 Å². The van der Waals surface area contributed by atoms with Crippen LogP contribution in [0.2, 0.25) is 0 Å². The number of aryl methyl sites for hydroxylation is 1. The predicted octanol–water partition coefficient (Wildman–Crippen LogP) is 2.20. The molecule has 1 atom stereocenters. The van der Waals surface area contributed by atoms with Crippen molar-refractivity contribution in [2.75, 3.05) is 33.3 Å². The SMILES string of the molecule is CN=C(NCCNC(=O)c1scnc1C)NCC(C)COCc1ccccc1. The van der Waals surface area contributed by atoms with Gasteiger partial charge < -0.3 is 20.7 Å². The Morgan fingerprint density at radius 1 is 1.21 bits per heavy atom. The van der Waals surface area contributed by atoms with Crippen LogP contribution in [-0.2, 0) is 11.3 Å². The summed E-state index contributed by atoms with van der Waals surface area (Å²) in [5, 5.41) is 9.35. The van der Waals surface area contributed by atoms with E-state index in [0.717, 1.165) is 12.2 Å². The Hall–Kier alpha value is -2.45. The largest absolute Gasteiger partial charge is 0.376 e. The third kappa shape index (κ3) is 7.66. The van der Waals surface area contributed by atoms with Crippen molar-refractivity contribution in [2.24, 2.45) is 10.9 Å². The third-order valence-electron chi connectivity index (χ3n) is 4.01. The van der Waals surface area contributed by atoms with Crippen LogP contribution in [0.25, 0.3) is 0 Å². The lowest BCUT2D eigenvalue weighted by Crippen LogP contribution is -2.43. The average molecular weight is 404 g/mol. The molecule has 0 radical (unpaired) electrons. The van der Waals surface area contributed by atoms with Gasteiger partial charge in [0, 0.05) is 26.7 Å². The number of guanidine groups is 1. The van der Waals surface area contributed by atoms with Crippen molar-refractivity contribution in [2.45, 2.75) is 20.5 Å². The molecule has 0 fully saturated rings. The van der Waals surface area contributed by atoms with Gasteiger partial charge in [0.1, 0.15) is 4.88 Å². The summed E-state index contributed by atoms with van der Waals surface area (Å²) in [6, 6.07) is 10.1. The molecular weight excluding hydrogens is 374 g/mol. The van der Waals surface area contributed by atoms with Crippen molar-refractivity contribution in [3.8, 4) is 0 Å². The van der Waals surface area contributed by atoms with Crippen molar-refractivity contribution >= 4 is 23.2 Å². The summed E-state index contributed by atoms with van der Waals surface area (Å²) < 4.78 is 5.77. The molecule has 1 aromatic carbocycles. The van der Waals surface area contributed by atoms with Crippen LogP contribution in [0.1, 0.15) is 27.9 Å². The van der Waals surface area contributed by atoms with E-state index in [2.05, 4.69) is 45.0 Å². The molecule has 7 nitrogen and oxygen atoms in total. The van der Waals surface area contributed by atoms with Crippen LogP contribution in [0.5, 0.6) is 0 Å². The fourth-order valence-corrected chi connectivity index (χ4v) is 3.18. The first-order valence-electron chi connectivity index (χ1n) is 9.34. The summed E-state index contributed by atoms with van der Waals surface area (Å²) in [4.78, 5) is 21.0. The van der Waals surface area contributed by atoms with E-state index in [9.17, 15) is 4.79 Å². The van der Waals surface area contributed by atoms with Gasteiger partial charge in [0.15, 0.2) is 5.96 Å². The van der Waals surface area contributed by atoms with E-state index in [1.54, 1.807) is 12.6 Å². The standard InChI is InChI=1S/C20H29N5O2S/c1-15(12-27-13-17-7-5-4-6-8-17)11-24-20(21-3)23-10-9-22-19(26)18-16(2)25-14-28-18/h4-8,14-15H,9-13H2,1-3H3,(H,22,26)(H2,21,23,24). The monoisotopic (exact) mass is 403 g/mol. The predicted molar refractivity (Wildman–Crippen MR) is 114 cm³/mol. The zero-order chi connectivity index (χ0) is 20.2. The number of nitrogens with one attached hydrogen (secondary N) is 3. The molecule has 8 heteroatoms. The smallest absolute Gasteiger partial charge is 0.263 e. The molecule has 1 amide bonds. The van der Waals surface area contributed by atoms with Gasteiger partial charge in [0.05, 0.1) is 24.4 Å². The first-order valence-corrected chi connectivity index (χ1v) is 10.2. The molecule has 152 valence electrons. The highest BCUT2D eigenvalue weighted by Crippen LogP contribution is 2.11. The van der Waals surface area contributed by atoms with Gasteiger partial charge in [0.2, 0.25) is 0 Å². The minimum Gasteiger partial charge on any atom is -0.376 e. The number of ether oxygens (including phenoxy) is 1. The molecule has 1 unspecified atom stereocenters. The van der Waals surface area contributed by atoms with E-state index < -0.39 is 0 Å². The molecule has 0 bridgehead atoms. The minimum atomic E-state index is -0.0890. The van der Waals surface area contributed by atoms with Gasteiger partial charge in [-0.2, -0.15) is 0 Å². The molecule has 0 saturated carbocycles. The summed E-state index contributed by atoms with van der Waals surface area (Å²) in [5.74, 6) is 0.961. The molecule has 1 heterocycles. The fraction of sp³-hybridized carbons (Fsp3) is 0.450. The van der Waals surface area contributed by atoms with E-state index in [0.29, 0.717) is 43.1 Å². The number of aromatic nitrogens is 1. The lowest BCUT2D eigenvalue weighted by Gasteiger charge is -2.16. The average Bonchev–Trinajstić information content (AvgIpc) is 3.14. The number of hydrogen-bond acceptors (Lipinski definition) is 5. The third-order valence-corrected chi connectivity index (χ3v) is 4.94. The van der Waals surface area contributed by atoms with Gasteiger partial charge in [-0.3, -0.25) is 9.79 Å². The molecule has 2 aromatic rings. The van der Waals surface area contributed by atoms with Gasteiger partial charge in [-0.05, 0) is 18.4 Å². The molecule has 2 rings (SSSR count). The molecule has 0 aliphatic carbocycles. The van der Waals surface area contributed by atoms with Gasteiger partial charge in [-0.25, -0.2) is 4.98 Å². The number of carbonyl (C=O) groups excluding carboxylic acids is 1. The van der Waals surface area contributed by atoms with Gasteiger partial charge in [0.25, 0.3) is 5.91 Å². The first kappa shape index (κ1) is 21.8. The van der Waals surface area contributed by atoms with Crippen LogP contribution in [0.3, 0.4) is 0 Å². The van der Waals surface area contributed by atoms with E-state index in [-0.39, 0.29) is 5.91 Å². The molecule has 0 spiro atoms. The van der Waals surface area contributed by atoms with Crippen LogP contribution in [0, 0.1) is 12.8 Å². The first-order chi connectivity index (χ1) is 13.6. The topological polar surface area (TPSA) is 87.6 Å². The summed E-state index contributed by atoms with van der Waals surface area (Å²) >= 11 is 1.35. The Balaban J connectivity index is 1.57. The molecule has 0 aliphatic heterocycles. The maximum absolute atomic E-state index is 12.0. The zero-order valence-electron chi connectivity index (χ0n) is 16.7. The molecule has 1 aromatic heterocycles. The Labute approximate surface area is 170 Å². The second-order valence-electron chi connectivity index (χ2n) is 6.51. The van der Waals surface area contributed by atoms with Crippen molar-refractivity contribution in [1.82, 2.24) is 20.9 Å². The van der Waals surface area contributed by atoms with E-state index in [1.807, 2.05) is 25.1 Å². The molecule has 28 heavy (non-hydrogen) atoms. The number of rotatable bonds is 10. The number of benzene rings is 1. The normalized spacial score (nSPS) is 12.5. The highest BCUT2D eigenvalue weighted by molar-refractivity contribution is 7.11. The maximum atomic E-state index is 12.0. The minimum absolute atomic E-state index is 0.0890. The highest BCUT2D eigenvalue weighted by atomic mass is 32.1. The Morgan fingerprint density at radius 2 is 1.96 bits per heavy atom. The zero-order valence-corrected chi connectivity index (χ0v) is 17.5. The van der Waals surface area contributed by atoms with E-state index >= 15 is 0 Å². The second-order valence-corrected chi connectivity index (χ2v) is 7.36. The number of carbonyl (C=O) groups is 1. The number of amides is 1. The van der Waals surface area contributed by atoms with Crippen LogP contribution < -0.4 is 16.0 Å². The van der Waals surface area contributed by atoms with Crippen molar-refractivity contribution in [3.05, 3.63) is 52.0 Å². The van der Waals surface area contributed by atoms with Gasteiger partial charge >= 0.3 is 0 Å². The Kier molecular flexibility index (Phi) is 9.44. The number of thiazole rings is 1. The number of nitrogens with zero attached hydrogens (tertiary/aromatic N) is 2. The summed E-state index contributed by atoms with van der Waals surface area (Å²) in [7, 11) is 1.73. The van der Waals surface area contributed by atoms with Crippen molar-refractivity contribution < 1.29 is 9.53 Å². The van der Waals surface area contributed by atoms with Crippen LogP contribution in [0.15, 0.2) is 40.8 Å². The van der Waals surface area contributed by atoms with E-state index in [1.165, 1.54) is 16.9 Å². The maximum Gasteiger partial charge on any atom is 0.263 e. The second kappa shape index (κ2) is 12.1. The molecule has 0 aliphatic rings. The highest BCUT2D eigenvalue weighted by Gasteiger charge is 2.10. The van der Waals surface area contributed by atoms with Gasteiger partial charge in [-0.15, -0.1) is 11.3 Å². The summed E-state index contributed by atoms with van der Waals surface area (Å²) in [6.45, 7) is 7.10. The van der Waals surface area contributed by atoms with Crippen LogP contribution in [0.4, 0.5) is 0 Å². The molecule has 3 N–H and O–H groups in total. The van der Waals surface area contributed by atoms with E-state index in [4.69, 9.17) is 4.74 Å². The summed E-state index contributed by atoms with van der Waals surface area (Å²) in [6.07, 6.45) is 0. The Morgan fingerprint density at radius 3 is 2.64 bits per heavy atom. The molecule has 0 saturated heterocycles. The van der Waals surface area contributed by atoms with Gasteiger partial charge in [-0.1, -0.05) is 37.3 Å². The fourth-order valence-electron chi connectivity index (χ4n) is 2.46. The number of hydrogen-bond donors (Lipinski definition) is 3. The lowest BCUT2D eigenvalue weighted by atomic mass is 10.2. The number of aliphatic imine (C=N–C) groups is 1. The molecular formula is C20H29N5O2S. The van der Waals surface area contributed by atoms with Crippen LogP contribution in [-0.4, -0.2) is 50.1 Å².